The van der Waals surface area contributed by atoms with E-state index in [4.69, 9.17) is 10.5 Å². The minimum absolute atomic E-state index is 0.0927. The molecule has 1 aromatic carbocycles. The van der Waals surface area contributed by atoms with Crippen molar-refractivity contribution in [2.45, 2.75) is 32.2 Å². The lowest BCUT2D eigenvalue weighted by Crippen LogP contribution is -2.31. The molecule has 16 heavy (non-hydrogen) atoms. The van der Waals surface area contributed by atoms with Crippen LogP contribution < -0.4 is 10.5 Å². The van der Waals surface area contributed by atoms with Gasteiger partial charge in [-0.25, -0.2) is 0 Å². The van der Waals surface area contributed by atoms with Gasteiger partial charge in [-0.1, -0.05) is 25.5 Å². The van der Waals surface area contributed by atoms with Gasteiger partial charge >= 0.3 is 0 Å². The summed E-state index contributed by atoms with van der Waals surface area (Å²) in [6.45, 7) is 2.03. The van der Waals surface area contributed by atoms with Crippen molar-refractivity contribution in [3.63, 3.8) is 0 Å². The molecule has 0 aromatic heterocycles. The second kappa shape index (κ2) is 6.28. The van der Waals surface area contributed by atoms with E-state index >= 15 is 0 Å². The highest BCUT2D eigenvalue weighted by Crippen LogP contribution is 2.13. The van der Waals surface area contributed by atoms with Gasteiger partial charge in [0, 0.05) is 6.42 Å². The van der Waals surface area contributed by atoms with Crippen LogP contribution in [0.5, 0.6) is 5.75 Å². The Labute approximate surface area is 96.6 Å². The van der Waals surface area contributed by atoms with Crippen molar-refractivity contribution in [2.75, 3.05) is 7.11 Å². The van der Waals surface area contributed by atoms with E-state index in [0.29, 0.717) is 6.42 Å². The molecule has 0 aliphatic heterocycles. The molecular weight excluding hydrogens is 202 g/mol. The molecule has 0 radical (unpaired) electrons. The Bertz CT molecular complexity index is 350. The van der Waals surface area contributed by atoms with Crippen LogP contribution in [0, 0.1) is 0 Å². The van der Waals surface area contributed by atoms with Gasteiger partial charge in [-0.3, -0.25) is 4.79 Å². The third kappa shape index (κ3) is 3.66. The monoisotopic (exact) mass is 221 g/mol. The fourth-order valence-corrected chi connectivity index (χ4v) is 1.59. The van der Waals surface area contributed by atoms with Crippen molar-refractivity contribution in [3.05, 3.63) is 29.8 Å². The SMILES string of the molecule is CCCC(N)C(=O)Cc1cccc(OC)c1. The van der Waals surface area contributed by atoms with E-state index in [9.17, 15) is 4.79 Å². The average Bonchev–Trinajstić information content (AvgIpc) is 2.29. The van der Waals surface area contributed by atoms with Crippen molar-refractivity contribution in [2.24, 2.45) is 5.73 Å². The van der Waals surface area contributed by atoms with E-state index in [2.05, 4.69) is 0 Å². The van der Waals surface area contributed by atoms with E-state index in [-0.39, 0.29) is 11.8 Å². The second-order valence-electron chi connectivity index (χ2n) is 3.89. The lowest BCUT2D eigenvalue weighted by molar-refractivity contribution is -0.119. The van der Waals surface area contributed by atoms with Crippen molar-refractivity contribution in [1.82, 2.24) is 0 Å². The molecule has 0 fully saturated rings. The zero-order chi connectivity index (χ0) is 12.0. The Kier molecular flexibility index (Phi) is 4.99. The van der Waals surface area contributed by atoms with Crippen LogP contribution in [0.4, 0.5) is 0 Å². The molecule has 1 aromatic rings. The summed E-state index contributed by atoms with van der Waals surface area (Å²) in [6.07, 6.45) is 2.08. The first kappa shape index (κ1) is 12.7. The molecule has 0 amide bonds. The Hall–Kier alpha value is -1.35. The van der Waals surface area contributed by atoms with Crippen LogP contribution in [0.2, 0.25) is 0 Å². The van der Waals surface area contributed by atoms with Gasteiger partial charge in [0.05, 0.1) is 13.2 Å². The molecule has 88 valence electrons. The average molecular weight is 221 g/mol. The van der Waals surface area contributed by atoms with Crippen molar-refractivity contribution in [3.8, 4) is 5.75 Å². The highest BCUT2D eigenvalue weighted by Gasteiger charge is 2.12. The van der Waals surface area contributed by atoms with Crippen LogP contribution >= 0.6 is 0 Å². The van der Waals surface area contributed by atoms with E-state index in [1.807, 2.05) is 31.2 Å². The van der Waals surface area contributed by atoms with E-state index in [1.165, 1.54) is 0 Å². The standard InChI is InChI=1S/C13H19NO2/c1-3-5-12(14)13(15)9-10-6-4-7-11(8-10)16-2/h4,6-8,12H,3,5,9,14H2,1-2H3. The molecular formula is C13H19NO2. The fourth-order valence-electron chi connectivity index (χ4n) is 1.59. The molecule has 3 nitrogen and oxygen atoms in total. The van der Waals surface area contributed by atoms with Crippen molar-refractivity contribution < 1.29 is 9.53 Å². The lowest BCUT2D eigenvalue weighted by Gasteiger charge is -2.09. The molecule has 0 aliphatic rings. The number of hydrogen-bond acceptors (Lipinski definition) is 3. The van der Waals surface area contributed by atoms with Gasteiger partial charge in [0.2, 0.25) is 0 Å². The van der Waals surface area contributed by atoms with Gasteiger partial charge in [-0.2, -0.15) is 0 Å². The van der Waals surface area contributed by atoms with Crippen LogP contribution in [0.25, 0.3) is 0 Å². The molecule has 0 spiro atoms. The smallest absolute Gasteiger partial charge is 0.153 e. The summed E-state index contributed by atoms with van der Waals surface area (Å²) in [5, 5.41) is 0. The second-order valence-corrected chi connectivity index (χ2v) is 3.89. The van der Waals surface area contributed by atoms with Gasteiger partial charge in [-0.05, 0) is 24.1 Å². The highest BCUT2D eigenvalue weighted by atomic mass is 16.5. The normalized spacial score (nSPS) is 12.2. The molecule has 0 saturated heterocycles. The Balaban J connectivity index is 2.61. The number of carbonyl (C=O) groups excluding carboxylic acids is 1. The Morgan fingerprint density at radius 2 is 2.25 bits per heavy atom. The number of ether oxygens (including phenoxy) is 1. The number of hydrogen-bond donors (Lipinski definition) is 1. The number of ketones is 1. The third-order valence-electron chi connectivity index (χ3n) is 2.53. The highest BCUT2D eigenvalue weighted by molar-refractivity contribution is 5.85. The van der Waals surface area contributed by atoms with Crippen LogP contribution in [-0.4, -0.2) is 18.9 Å². The molecule has 0 heterocycles. The third-order valence-corrected chi connectivity index (χ3v) is 2.53. The number of methoxy groups -OCH3 is 1. The van der Waals surface area contributed by atoms with E-state index < -0.39 is 0 Å². The fraction of sp³-hybridized carbons (Fsp3) is 0.462. The number of nitrogens with two attached hydrogens (primary N) is 1. The van der Waals surface area contributed by atoms with Crippen molar-refractivity contribution in [1.29, 1.82) is 0 Å². The van der Waals surface area contributed by atoms with Crippen LogP contribution in [0.1, 0.15) is 25.3 Å². The Morgan fingerprint density at radius 3 is 2.88 bits per heavy atom. The van der Waals surface area contributed by atoms with E-state index in [0.717, 1.165) is 24.2 Å². The predicted octanol–water partition coefficient (Wildman–Crippen LogP) is 1.93. The zero-order valence-electron chi connectivity index (χ0n) is 9.90. The van der Waals surface area contributed by atoms with Crippen LogP contribution in [0.3, 0.4) is 0 Å². The molecule has 0 bridgehead atoms. The first-order valence-electron chi connectivity index (χ1n) is 5.58. The summed E-state index contributed by atoms with van der Waals surface area (Å²) in [5.74, 6) is 0.865. The number of rotatable bonds is 6. The van der Waals surface area contributed by atoms with Gasteiger partial charge in [-0.15, -0.1) is 0 Å². The molecule has 3 heteroatoms. The summed E-state index contributed by atoms with van der Waals surface area (Å²) in [6, 6.07) is 7.19. The zero-order valence-corrected chi connectivity index (χ0v) is 9.90. The first-order chi connectivity index (χ1) is 7.67. The molecule has 1 unspecified atom stereocenters. The summed E-state index contributed by atoms with van der Waals surface area (Å²) in [5.41, 5.74) is 6.72. The first-order valence-corrected chi connectivity index (χ1v) is 5.58. The van der Waals surface area contributed by atoms with Crippen LogP contribution in [0.15, 0.2) is 24.3 Å². The number of carbonyl (C=O) groups is 1. The van der Waals surface area contributed by atoms with Gasteiger partial charge in [0.15, 0.2) is 5.78 Å². The molecule has 2 N–H and O–H groups in total. The predicted molar refractivity (Wildman–Crippen MR) is 64.6 cm³/mol. The van der Waals surface area contributed by atoms with E-state index in [1.54, 1.807) is 7.11 Å². The maximum Gasteiger partial charge on any atom is 0.153 e. The van der Waals surface area contributed by atoms with Gasteiger partial charge < -0.3 is 10.5 Å². The number of Topliss-reactive ketones (excluding diaryl/α,β-unsaturated/α-hetero) is 1. The molecule has 0 aliphatic carbocycles. The summed E-state index contributed by atoms with van der Waals surface area (Å²) in [7, 11) is 1.61. The molecule has 1 atom stereocenters. The van der Waals surface area contributed by atoms with Gasteiger partial charge in [0.1, 0.15) is 5.75 Å². The maximum absolute atomic E-state index is 11.7. The number of benzene rings is 1. The lowest BCUT2D eigenvalue weighted by atomic mass is 10.0. The minimum Gasteiger partial charge on any atom is -0.497 e. The molecule has 0 saturated carbocycles. The summed E-state index contributed by atoms with van der Waals surface area (Å²) < 4.78 is 5.10. The minimum atomic E-state index is -0.337. The Morgan fingerprint density at radius 1 is 1.50 bits per heavy atom. The summed E-state index contributed by atoms with van der Waals surface area (Å²) in [4.78, 5) is 11.7. The topological polar surface area (TPSA) is 52.3 Å². The van der Waals surface area contributed by atoms with Crippen LogP contribution in [-0.2, 0) is 11.2 Å². The quantitative estimate of drug-likeness (QED) is 0.798. The van der Waals surface area contributed by atoms with Gasteiger partial charge in [0.25, 0.3) is 0 Å². The largest absolute Gasteiger partial charge is 0.497 e. The maximum atomic E-state index is 11.7. The molecule has 1 rings (SSSR count). The summed E-state index contributed by atoms with van der Waals surface area (Å²) >= 11 is 0. The van der Waals surface area contributed by atoms with Crippen molar-refractivity contribution >= 4 is 5.78 Å².